The van der Waals surface area contributed by atoms with E-state index in [1.165, 1.54) is 7.11 Å². The van der Waals surface area contributed by atoms with Crippen molar-refractivity contribution in [1.82, 2.24) is 10.0 Å². The van der Waals surface area contributed by atoms with Crippen LogP contribution >= 0.6 is 0 Å². The molecule has 9 heteroatoms. The number of methoxy groups -OCH3 is 3. The van der Waals surface area contributed by atoms with Gasteiger partial charge in [0.25, 0.3) is 0 Å². The van der Waals surface area contributed by atoms with E-state index in [4.69, 9.17) is 24.7 Å². The van der Waals surface area contributed by atoms with Crippen LogP contribution in [0.1, 0.15) is 35.8 Å². The van der Waals surface area contributed by atoms with Crippen LogP contribution in [0.5, 0.6) is 17.2 Å². The van der Waals surface area contributed by atoms with Gasteiger partial charge in [0, 0.05) is 30.8 Å². The smallest absolute Gasteiger partial charge is 0.203 e. The number of ketones is 1. The molecule has 0 bridgehead atoms. The Morgan fingerprint density at radius 2 is 1.63 bits per heavy atom. The first-order chi connectivity index (χ1) is 18.5. The van der Waals surface area contributed by atoms with E-state index in [1.807, 2.05) is 23.2 Å². The van der Waals surface area contributed by atoms with E-state index in [0.29, 0.717) is 78.9 Å². The van der Waals surface area contributed by atoms with Gasteiger partial charge in [-0.15, -0.1) is 0 Å². The highest BCUT2D eigenvalue weighted by Gasteiger charge is 2.44. The lowest BCUT2D eigenvalue weighted by molar-refractivity contribution is -0.117. The van der Waals surface area contributed by atoms with Gasteiger partial charge in [-0.3, -0.25) is 9.80 Å². The van der Waals surface area contributed by atoms with E-state index in [-0.39, 0.29) is 11.7 Å². The number of hydrogen-bond acceptors (Lipinski definition) is 9. The molecule has 3 aliphatic rings. The van der Waals surface area contributed by atoms with Crippen LogP contribution in [0.25, 0.3) is 0 Å². The Kier molecular flexibility index (Phi) is 7.27. The number of Topliss-reactive ketones (excluding diaryl/α,β-unsaturated/α-hetero) is 1. The quantitative estimate of drug-likeness (QED) is 0.617. The third-order valence-corrected chi connectivity index (χ3v) is 7.50. The van der Waals surface area contributed by atoms with Crippen molar-refractivity contribution in [3.63, 3.8) is 0 Å². The Morgan fingerprint density at radius 3 is 2.21 bits per heavy atom. The van der Waals surface area contributed by atoms with Crippen molar-refractivity contribution in [2.45, 2.75) is 24.7 Å². The predicted octanol–water partition coefficient (Wildman–Crippen LogP) is 3.45. The number of rotatable bonds is 6. The fourth-order valence-corrected chi connectivity index (χ4v) is 5.75. The Labute approximate surface area is 222 Å². The fraction of sp³-hybridized carbons (Fsp3) is 0.379. The average molecular weight is 517 g/mol. The second-order valence-electron chi connectivity index (χ2n) is 9.48. The van der Waals surface area contributed by atoms with Gasteiger partial charge in [-0.1, -0.05) is 30.3 Å². The number of ether oxygens (including phenoxy) is 4. The van der Waals surface area contributed by atoms with Gasteiger partial charge >= 0.3 is 0 Å². The first kappa shape index (κ1) is 25.6. The molecule has 2 atom stereocenters. The molecule has 2 N–H and O–H groups in total. The minimum Gasteiger partial charge on any atom is -0.493 e. The molecule has 1 saturated heterocycles. The van der Waals surface area contributed by atoms with Crippen molar-refractivity contribution in [1.29, 1.82) is 5.26 Å². The molecule has 0 aromatic heterocycles. The topological polar surface area (TPSA) is 110 Å². The maximum Gasteiger partial charge on any atom is 0.203 e. The van der Waals surface area contributed by atoms with E-state index < -0.39 is 5.92 Å². The van der Waals surface area contributed by atoms with Crippen LogP contribution in [0.3, 0.4) is 0 Å². The van der Waals surface area contributed by atoms with E-state index in [2.05, 4.69) is 23.2 Å². The van der Waals surface area contributed by atoms with Crippen molar-refractivity contribution in [3.05, 3.63) is 76.3 Å². The third kappa shape index (κ3) is 4.36. The highest BCUT2D eigenvalue weighted by atomic mass is 16.5. The monoisotopic (exact) mass is 516 g/mol. The van der Waals surface area contributed by atoms with Crippen LogP contribution in [-0.4, -0.2) is 63.4 Å². The van der Waals surface area contributed by atoms with Crippen molar-refractivity contribution in [2.75, 3.05) is 47.6 Å². The van der Waals surface area contributed by atoms with Gasteiger partial charge in [0.05, 0.1) is 52.1 Å². The number of carbonyl (C=O) groups excluding carboxylic acids is 1. The minimum atomic E-state index is -0.662. The molecule has 0 amide bonds. The van der Waals surface area contributed by atoms with E-state index in [0.717, 1.165) is 11.3 Å². The largest absolute Gasteiger partial charge is 0.493 e. The van der Waals surface area contributed by atoms with E-state index in [1.54, 1.807) is 26.4 Å². The summed E-state index contributed by atoms with van der Waals surface area (Å²) in [5, 5.41) is 14.4. The minimum absolute atomic E-state index is 0.00244. The lowest BCUT2D eigenvalue weighted by Crippen LogP contribution is -2.52. The summed E-state index contributed by atoms with van der Waals surface area (Å²) in [6.07, 6.45) is 0.960. The molecule has 9 nitrogen and oxygen atoms in total. The summed E-state index contributed by atoms with van der Waals surface area (Å²) in [4.78, 5) is 14.0. The van der Waals surface area contributed by atoms with Crippen molar-refractivity contribution in [3.8, 4) is 23.3 Å². The molecule has 2 aromatic rings. The van der Waals surface area contributed by atoms with Crippen LogP contribution in [0.4, 0.5) is 0 Å². The van der Waals surface area contributed by atoms with Gasteiger partial charge in [0.2, 0.25) is 5.75 Å². The van der Waals surface area contributed by atoms with Gasteiger partial charge in [-0.05, 0) is 35.6 Å². The first-order valence-corrected chi connectivity index (χ1v) is 12.7. The highest BCUT2D eigenvalue weighted by Crippen LogP contribution is 2.50. The predicted molar refractivity (Wildman–Crippen MR) is 140 cm³/mol. The van der Waals surface area contributed by atoms with Gasteiger partial charge in [0.1, 0.15) is 5.82 Å². The highest BCUT2D eigenvalue weighted by molar-refractivity contribution is 6.00. The van der Waals surface area contributed by atoms with Crippen molar-refractivity contribution in [2.24, 2.45) is 5.73 Å². The van der Waals surface area contributed by atoms with Crippen LogP contribution in [-0.2, 0) is 9.53 Å². The molecule has 0 spiro atoms. The normalized spacial score (nSPS) is 22.2. The Morgan fingerprint density at radius 1 is 0.974 bits per heavy atom. The number of nitriles is 1. The Balaban J connectivity index is 1.71. The zero-order valence-corrected chi connectivity index (χ0v) is 21.9. The summed E-state index contributed by atoms with van der Waals surface area (Å²) in [6, 6.07) is 16.0. The molecule has 5 rings (SSSR count). The summed E-state index contributed by atoms with van der Waals surface area (Å²) in [5.74, 6) is 0.995. The van der Waals surface area contributed by atoms with Crippen molar-refractivity contribution >= 4 is 5.78 Å². The molecule has 2 unspecified atom stereocenters. The van der Waals surface area contributed by atoms with Crippen LogP contribution < -0.4 is 19.9 Å². The second kappa shape index (κ2) is 10.8. The molecule has 0 saturated carbocycles. The molecule has 2 heterocycles. The molecule has 2 aliphatic heterocycles. The standard InChI is InChI=1S/C29H32N4O5/c1-35-24-15-20(16-25(36-2)28(24)37-3)26-21(17-30)29(31)33(32-9-11-38-12-10-32)22-13-19(14-23(34)27(22)26)18-7-5-4-6-8-18/h4-8,15-16,19,26H,9-14,31H2,1-3H3. The molecule has 198 valence electrons. The van der Waals surface area contributed by atoms with Gasteiger partial charge < -0.3 is 24.7 Å². The van der Waals surface area contributed by atoms with Crippen LogP contribution in [0, 0.1) is 11.3 Å². The second-order valence-corrected chi connectivity index (χ2v) is 9.48. The number of benzene rings is 2. The summed E-state index contributed by atoms with van der Waals surface area (Å²) in [7, 11) is 4.62. The SMILES string of the molecule is COc1cc(C2C(C#N)=C(N)N(N3CCOCC3)C3=C2C(=O)CC(c2ccccc2)C3)cc(OC)c1OC. The summed E-state index contributed by atoms with van der Waals surface area (Å²) < 4.78 is 22.3. The Bertz CT molecular complexity index is 1300. The number of morpholine rings is 1. The van der Waals surface area contributed by atoms with E-state index >= 15 is 0 Å². The number of carbonyl (C=O) groups is 1. The number of nitrogens with two attached hydrogens (primary N) is 1. The number of allylic oxidation sites excluding steroid dienone is 3. The number of hydrogen-bond donors (Lipinski definition) is 1. The molecular weight excluding hydrogens is 484 g/mol. The molecular formula is C29H32N4O5. The summed E-state index contributed by atoms with van der Waals surface area (Å²) in [6.45, 7) is 2.30. The lowest BCUT2D eigenvalue weighted by Gasteiger charge is -2.47. The fourth-order valence-electron chi connectivity index (χ4n) is 5.75. The van der Waals surface area contributed by atoms with Crippen molar-refractivity contribution < 1.29 is 23.7 Å². The Hall–Kier alpha value is -4.00. The molecule has 2 aromatic carbocycles. The number of hydrazine groups is 1. The zero-order chi connectivity index (χ0) is 26.8. The first-order valence-electron chi connectivity index (χ1n) is 12.7. The number of nitrogens with zero attached hydrogens (tertiary/aromatic N) is 3. The average Bonchev–Trinajstić information content (AvgIpc) is 2.96. The summed E-state index contributed by atoms with van der Waals surface area (Å²) >= 11 is 0. The van der Waals surface area contributed by atoms with Crippen LogP contribution in [0.2, 0.25) is 0 Å². The molecule has 38 heavy (non-hydrogen) atoms. The third-order valence-electron chi connectivity index (χ3n) is 7.50. The maximum absolute atomic E-state index is 14.0. The zero-order valence-electron chi connectivity index (χ0n) is 21.9. The maximum atomic E-state index is 14.0. The molecule has 0 radical (unpaired) electrons. The summed E-state index contributed by atoms with van der Waals surface area (Å²) in [5.41, 5.74) is 10.3. The lowest BCUT2D eigenvalue weighted by atomic mass is 9.72. The van der Waals surface area contributed by atoms with Crippen LogP contribution in [0.15, 0.2) is 65.1 Å². The van der Waals surface area contributed by atoms with Gasteiger partial charge in [0.15, 0.2) is 17.3 Å². The van der Waals surface area contributed by atoms with Gasteiger partial charge in [-0.25, -0.2) is 5.01 Å². The van der Waals surface area contributed by atoms with E-state index in [9.17, 15) is 10.1 Å². The molecule has 1 aliphatic carbocycles. The van der Waals surface area contributed by atoms with Gasteiger partial charge in [-0.2, -0.15) is 5.26 Å². The molecule has 1 fully saturated rings.